The van der Waals surface area contributed by atoms with Gasteiger partial charge in [0, 0.05) is 29.4 Å². The third-order valence-electron chi connectivity index (χ3n) is 4.27. The first-order chi connectivity index (χ1) is 10.4. The molecule has 0 aromatic carbocycles. The molecule has 22 heavy (non-hydrogen) atoms. The zero-order chi connectivity index (χ0) is 16.2. The third-order valence-corrected chi connectivity index (χ3v) is 5.59. The van der Waals surface area contributed by atoms with Crippen LogP contribution in [0.1, 0.15) is 63.6 Å². The molecule has 1 heterocycles. The maximum absolute atomic E-state index is 12.3. The number of amides is 1. The second-order valence-corrected chi connectivity index (χ2v) is 8.18. The SMILES string of the molecule is CC(C)(C)c1nc(CC(=O)NC2CCCCCC2CO)cs1. The van der Waals surface area contributed by atoms with Gasteiger partial charge in [0.05, 0.1) is 17.1 Å². The molecule has 0 spiro atoms. The second-order valence-electron chi connectivity index (χ2n) is 7.33. The Kier molecular flexibility index (Phi) is 5.98. The number of hydrogen-bond acceptors (Lipinski definition) is 4. The van der Waals surface area contributed by atoms with Crippen LogP contribution in [0.2, 0.25) is 0 Å². The zero-order valence-corrected chi connectivity index (χ0v) is 14.7. The van der Waals surface area contributed by atoms with Crippen LogP contribution in [0, 0.1) is 5.92 Å². The first kappa shape index (κ1) is 17.4. The van der Waals surface area contributed by atoms with Gasteiger partial charge in [-0.2, -0.15) is 0 Å². The molecular formula is C17H28N2O2S. The normalized spacial score (nSPS) is 23.1. The lowest BCUT2D eigenvalue weighted by Crippen LogP contribution is -2.41. The Bertz CT molecular complexity index is 493. The van der Waals surface area contributed by atoms with E-state index in [1.807, 2.05) is 5.38 Å². The molecule has 1 saturated carbocycles. The lowest BCUT2D eigenvalue weighted by Gasteiger charge is -2.24. The van der Waals surface area contributed by atoms with Gasteiger partial charge >= 0.3 is 0 Å². The molecule has 1 aliphatic rings. The van der Waals surface area contributed by atoms with Crippen molar-refractivity contribution in [2.45, 2.75) is 70.8 Å². The zero-order valence-electron chi connectivity index (χ0n) is 13.9. The summed E-state index contributed by atoms with van der Waals surface area (Å²) in [5.74, 6) is 0.225. The lowest BCUT2D eigenvalue weighted by molar-refractivity contribution is -0.121. The third kappa shape index (κ3) is 4.78. The van der Waals surface area contributed by atoms with Gasteiger partial charge in [-0.1, -0.05) is 40.0 Å². The lowest BCUT2D eigenvalue weighted by atomic mass is 9.95. The van der Waals surface area contributed by atoms with Crippen LogP contribution < -0.4 is 5.32 Å². The van der Waals surface area contributed by atoms with Crippen LogP contribution in [0.5, 0.6) is 0 Å². The number of carbonyl (C=O) groups is 1. The number of nitrogens with one attached hydrogen (secondary N) is 1. The average Bonchev–Trinajstić information content (AvgIpc) is 2.79. The standard InChI is InChI=1S/C17H28N2O2S/c1-17(2,3)16-18-13(11-22-16)9-15(21)19-14-8-6-4-5-7-12(14)10-20/h11-12,14,20H,4-10H2,1-3H3,(H,19,21). The highest BCUT2D eigenvalue weighted by Crippen LogP contribution is 2.26. The molecule has 4 nitrogen and oxygen atoms in total. The Morgan fingerprint density at radius 1 is 1.36 bits per heavy atom. The molecule has 5 heteroatoms. The van der Waals surface area contributed by atoms with E-state index in [1.165, 1.54) is 6.42 Å². The molecule has 0 aliphatic heterocycles. The Morgan fingerprint density at radius 2 is 2.09 bits per heavy atom. The van der Waals surface area contributed by atoms with E-state index < -0.39 is 0 Å². The van der Waals surface area contributed by atoms with Crippen LogP contribution in [-0.2, 0) is 16.6 Å². The van der Waals surface area contributed by atoms with E-state index in [2.05, 4.69) is 31.1 Å². The minimum atomic E-state index is 0.0242. The van der Waals surface area contributed by atoms with Crippen molar-refractivity contribution in [2.24, 2.45) is 5.92 Å². The van der Waals surface area contributed by atoms with E-state index in [0.717, 1.165) is 36.4 Å². The van der Waals surface area contributed by atoms with Gasteiger partial charge in [-0.05, 0) is 12.8 Å². The largest absolute Gasteiger partial charge is 0.396 e. The van der Waals surface area contributed by atoms with Crippen LogP contribution in [0.3, 0.4) is 0 Å². The van der Waals surface area contributed by atoms with E-state index in [-0.39, 0.29) is 29.9 Å². The summed E-state index contributed by atoms with van der Waals surface area (Å²) in [5, 5.41) is 15.7. The number of aromatic nitrogens is 1. The summed E-state index contributed by atoms with van der Waals surface area (Å²) in [6.07, 6.45) is 5.80. The van der Waals surface area contributed by atoms with Crippen molar-refractivity contribution in [3.63, 3.8) is 0 Å². The van der Waals surface area contributed by atoms with Gasteiger partial charge in [-0.3, -0.25) is 4.79 Å². The molecule has 0 bridgehead atoms. The van der Waals surface area contributed by atoms with Crippen molar-refractivity contribution < 1.29 is 9.90 Å². The molecule has 1 aromatic heterocycles. The van der Waals surface area contributed by atoms with E-state index in [1.54, 1.807) is 11.3 Å². The summed E-state index contributed by atoms with van der Waals surface area (Å²) >= 11 is 1.62. The molecule has 1 amide bonds. The number of rotatable bonds is 4. The number of aliphatic hydroxyl groups excluding tert-OH is 1. The predicted octanol–water partition coefficient (Wildman–Crippen LogP) is 3.04. The Hall–Kier alpha value is -0.940. The van der Waals surface area contributed by atoms with Crippen molar-refractivity contribution in [3.8, 4) is 0 Å². The van der Waals surface area contributed by atoms with E-state index in [0.29, 0.717) is 6.42 Å². The van der Waals surface area contributed by atoms with Gasteiger partial charge in [0.25, 0.3) is 0 Å². The molecule has 2 N–H and O–H groups in total. The molecular weight excluding hydrogens is 296 g/mol. The number of thiazole rings is 1. The van der Waals surface area contributed by atoms with Gasteiger partial charge in [0.1, 0.15) is 0 Å². The molecule has 1 aromatic rings. The minimum Gasteiger partial charge on any atom is -0.396 e. The van der Waals surface area contributed by atoms with Gasteiger partial charge < -0.3 is 10.4 Å². The molecule has 2 atom stereocenters. The maximum atomic E-state index is 12.3. The van der Waals surface area contributed by atoms with Crippen molar-refractivity contribution in [2.75, 3.05) is 6.61 Å². The van der Waals surface area contributed by atoms with Gasteiger partial charge in [0.15, 0.2) is 0 Å². The van der Waals surface area contributed by atoms with E-state index >= 15 is 0 Å². The molecule has 0 radical (unpaired) electrons. The number of aliphatic hydroxyl groups is 1. The fourth-order valence-electron chi connectivity index (χ4n) is 2.95. The highest BCUT2D eigenvalue weighted by molar-refractivity contribution is 7.09. The number of carbonyl (C=O) groups excluding carboxylic acids is 1. The second kappa shape index (κ2) is 7.55. The molecule has 124 valence electrons. The molecule has 0 saturated heterocycles. The van der Waals surface area contributed by atoms with Crippen LogP contribution in [0.25, 0.3) is 0 Å². The summed E-state index contributed by atoms with van der Waals surface area (Å²) in [6.45, 7) is 6.56. The monoisotopic (exact) mass is 324 g/mol. The van der Waals surface area contributed by atoms with Crippen molar-refractivity contribution in [1.29, 1.82) is 0 Å². The molecule has 1 aliphatic carbocycles. The summed E-state index contributed by atoms with van der Waals surface area (Å²) in [6, 6.07) is 0.112. The van der Waals surface area contributed by atoms with Crippen molar-refractivity contribution in [3.05, 3.63) is 16.1 Å². The van der Waals surface area contributed by atoms with Crippen LogP contribution >= 0.6 is 11.3 Å². The number of nitrogens with zero attached hydrogens (tertiary/aromatic N) is 1. The van der Waals surface area contributed by atoms with Crippen molar-refractivity contribution in [1.82, 2.24) is 10.3 Å². The van der Waals surface area contributed by atoms with Crippen LogP contribution in [-0.4, -0.2) is 28.6 Å². The fourth-order valence-corrected chi connectivity index (χ4v) is 3.86. The summed E-state index contributed by atoms with van der Waals surface area (Å²) in [7, 11) is 0. The van der Waals surface area contributed by atoms with E-state index in [9.17, 15) is 9.90 Å². The van der Waals surface area contributed by atoms with Gasteiger partial charge in [-0.25, -0.2) is 4.98 Å². The quantitative estimate of drug-likeness (QED) is 0.837. The maximum Gasteiger partial charge on any atom is 0.226 e. The van der Waals surface area contributed by atoms with Gasteiger partial charge in [0.2, 0.25) is 5.91 Å². The Labute approximate surface area is 137 Å². The summed E-state index contributed by atoms with van der Waals surface area (Å²) < 4.78 is 0. The highest BCUT2D eigenvalue weighted by atomic mass is 32.1. The van der Waals surface area contributed by atoms with Crippen LogP contribution in [0.4, 0.5) is 0 Å². The molecule has 2 rings (SSSR count). The Balaban J connectivity index is 1.93. The highest BCUT2D eigenvalue weighted by Gasteiger charge is 2.25. The fraction of sp³-hybridized carbons (Fsp3) is 0.765. The smallest absolute Gasteiger partial charge is 0.226 e. The first-order valence-corrected chi connectivity index (χ1v) is 9.13. The predicted molar refractivity (Wildman–Crippen MR) is 90.1 cm³/mol. The minimum absolute atomic E-state index is 0.0242. The first-order valence-electron chi connectivity index (χ1n) is 8.25. The Morgan fingerprint density at radius 3 is 2.73 bits per heavy atom. The van der Waals surface area contributed by atoms with Crippen molar-refractivity contribution >= 4 is 17.2 Å². The summed E-state index contributed by atoms with van der Waals surface area (Å²) in [5.41, 5.74) is 0.879. The van der Waals surface area contributed by atoms with Crippen LogP contribution in [0.15, 0.2) is 5.38 Å². The average molecular weight is 324 g/mol. The molecule has 2 unspecified atom stereocenters. The summed E-state index contributed by atoms with van der Waals surface area (Å²) in [4.78, 5) is 16.9. The number of hydrogen-bond donors (Lipinski definition) is 2. The topological polar surface area (TPSA) is 62.2 Å². The van der Waals surface area contributed by atoms with Gasteiger partial charge in [-0.15, -0.1) is 11.3 Å². The van der Waals surface area contributed by atoms with E-state index in [4.69, 9.17) is 0 Å². The molecule has 1 fully saturated rings.